The average Bonchev–Trinajstić information content (AvgIpc) is 3.23. The van der Waals surface area contributed by atoms with Crippen LogP contribution in [0.5, 0.6) is 0 Å². The number of fused-ring (bicyclic) bond motifs is 7. The van der Waals surface area contributed by atoms with E-state index in [4.69, 9.17) is 5.11 Å². The van der Waals surface area contributed by atoms with Gasteiger partial charge in [0, 0.05) is 0 Å². The predicted octanol–water partition coefficient (Wildman–Crippen LogP) is 6.97. The first-order valence-corrected chi connectivity index (χ1v) is 16.8. The molecule has 5 aliphatic rings. The average molecular weight is 547 g/mol. The smallest absolute Gasteiger partial charge is 0.108 e. The summed E-state index contributed by atoms with van der Waals surface area (Å²) in [5.74, 6) is 4.50. The number of aliphatic hydroxyl groups excluding tert-OH is 4. The van der Waals surface area contributed by atoms with Gasteiger partial charge in [-0.3, -0.25) is 0 Å². The first-order valence-electron chi connectivity index (χ1n) is 16.8. The van der Waals surface area contributed by atoms with Gasteiger partial charge in [-0.15, -0.1) is 0 Å². The Balaban J connectivity index is 1.33. The first kappa shape index (κ1) is 30.3. The third-order valence-electron chi connectivity index (χ3n) is 15.4. The molecular formula is C35H62O4. The minimum Gasteiger partial charge on any atom is -0.394 e. The maximum Gasteiger partial charge on any atom is 0.108 e. The van der Waals surface area contributed by atoms with Crippen molar-refractivity contribution in [3.05, 3.63) is 0 Å². The molecule has 5 aliphatic carbocycles. The quantitative estimate of drug-likeness (QED) is 0.278. The molecule has 4 heteroatoms. The van der Waals surface area contributed by atoms with Gasteiger partial charge in [0.15, 0.2) is 0 Å². The Morgan fingerprint density at radius 1 is 0.641 bits per heavy atom. The van der Waals surface area contributed by atoms with E-state index in [1.807, 2.05) is 0 Å². The maximum absolute atomic E-state index is 10.4. The summed E-state index contributed by atoms with van der Waals surface area (Å²) in [5.41, 5.74) is 2.27. The highest BCUT2D eigenvalue weighted by molar-refractivity contribution is 5.19. The molecule has 226 valence electrons. The van der Waals surface area contributed by atoms with Gasteiger partial charge in [-0.2, -0.15) is 0 Å². The van der Waals surface area contributed by atoms with Gasteiger partial charge >= 0.3 is 0 Å². The summed E-state index contributed by atoms with van der Waals surface area (Å²) in [6.45, 7) is 17.9. The van der Waals surface area contributed by atoms with Crippen LogP contribution in [-0.2, 0) is 0 Å². The molecule has 0 aromatic heterocycles. The lowest BCUT2D eigenvalue weighted by molar-refractivity contribution is -0.241. The van der Waals surface area contributed by atoms with Gasteiger partial charge in [0.2, 0.25) is 0 Å². The summed E-state index contributed by atoms with van der Waals surface area (Å²) < 4.78 is 0. The van der Waals surface area contributed by atoms with E-state index in [0.29, 0.717) is 45.3 Å². The molecule has 7 unspecified atom stereocenters. The molecule has 0 aromatic carbocycles. The molecule has 39 heavy (non-hydrogen) atoms. The van der Waals surface area contributed by atoms with Gasteiger partial charge in [-0.1, -0.05) is 54.9 Å². The van der Waals surface area contributed by atoms with Crippen molar-refractivity contribution in [3.63, 3.8) is 0 Å². The molecule has 5 saturated carbocycles. The van der Waals surface area contributed by atoms with Crippen LogP contribution in [0, 0.1) is 62.6 Å². The zero-order valence-electron chi connectivity index (χ0n) is 26.4. The summed E-state index contributed by atoms with van der Waals surface area (Å²) >= 11 is 0. The largest absolute Gasteiger partial charge is 0.394 e. The van der Waals surface area contributed by atoms with Gasteiger partial charge in [0.25, 0.3) is 0 Å². The zero-order chi connectivity index (χ0) is 28.6. The van der Waals surface area contributed by atoms with Crippen molar-refractivity contribution in [2.24, 2.45) is 62.6 Å². The Bertz CT molecular complexity index is 888. The van der Waals surface area contributed by atoms with Gasteiger partial charge in [0.1, 0.15) is 12.2 Å². The van der Waals surface area contributed by atoms with Crippen molar-refractivity contribution in [1.29, 1.82) is 0 Å². The molecule has 4 nitrogen and oxygen atoms in total. The van der Waals surface area contributed by atoms with Crippen LogP contribution < -0.4 is 0 Å². The number of hydrogen-bond donors (Lipinski definition) is 4. The monoisotopic (exact) mass is 546 g/mol. The van der Waals surface area contributed by atoms with E-state index in [-0.39, 0.29) is 0 Å². The molecule has 13 atom stereocenters. The van der Waals surface area contributed by atoms with E-state index >= 15 is 0 Å². The highest BCUT2D eigenvalue weighted by Gasteiger charge is 2.70. The number of rotatable bonds is 7. The molecule has 0 aromatic rings. The van der Waals surface area contributed by atoms with Crippen LogP contribution in [0.15, 0.2) is 0 Å². The Hall–Kier alpha value is -0.160. The normalized spacial score (nSPS) is 50.1. The van der Waals surface area contributed by atoms with Crippen molar-refractivity contribution in [2.75, 3.05) is 6.61 Å². The predicted molar refractivity (Wildman–Crippen MR) is 158 cm³/mol. The van der Waals surface area contributed by atoms with E-state index in [9.17, 15) is 15.3 Å². The lowest BCUT2D eigenvalue weighted by Gasteiger charge is -2.73. The van der Waals surface area contributed by atoms with Crippen LogP contribution in [0.4, 0.5) is 0 Å². The summed E-state index contributed by atoms with van der Waals surface area (Å²) in [7, 11) is 0. The van der Waals surface area contributed by atoms with E-state index in [1.165, 1.54) is 70.6 Å². The molecule has 0 heterocycles. The summed E-state index contributed by atoms with van der Waals surface area (Å²) in [6.07, 6.45) is 13.2. The minimum absolute atomic E-state index is 0.411. The fourth-order valence-electron chi connectivity index (χ4n) is 13.2. The molecule has 4 N–H and O–H groups in total. The zero-order valence-corrected chi connectivity index (χ0v) is 26.4. The standard InChI is InChI=1S/C35H62O4/c1-22(9-10-25(37)30(39)26(38)21-36)23-13-18-32(4)24(23)14-19-34(6)28(32)11-12-29-33(5)17-8-16-31(2,3)27(33)15-20-35(29,34)7/h22-30,36-39H,8-21H2,1-7H3/t22?,23?,24?,25-,26+,27?,28?,29?,30?,32+,33+,34-,35-/m1/s1. The fraction of sp³-hybridized carbons (Fsp3) is 1.00. The second kappa shape index (κ2) is 10.2. The van der Waals surface area contributed by atoms with Crippen molar-refractivity contribution >= 4 is 0 Å². The van der Waals surface area contributed by atoms with Crippen molar-refractivity contribution in [3.8, 4) is 0 Å². The Labute approximate surface area is 239 Å². The molecule has 5 rings (SSSR count). The minimum atomic E-state index is -1.27. The van der Waals surface area contributed by atoms with E-state index < -0.39 is 24.9 Å². The Morgan fingerprint density at radius 3 is 1.90 bits per heavy atom. The highest BCUT2D eigenvalue weighted by Crippen LogP contribution is 2.78. The van der Waals surface area contributed by atoms with Crippen LogP contribution in [-0.4, -0.2) is 45.3 Å². The van der Waals surface area contributed by atoms with E-state index in [0.717, 1.165) is 30.1 Å². The van der Waals surface area contributed by atoms with Crippen LogP contribution in [0.2, 0.25) is 0 Å². The molecule has 0 amide bonds. The molecule has 0 spiro atoms. The molecular weight excluding hydrogens is 484 g/mol. The first-order chi connectivity index (χ1) is 18.2. The van der Waals surface area contributed by atoms with E-state index in [2.05, 4.69) is 48.5 Å². The topological polar surface area (TPSA) is 80.9 Å². The Morgan fingerprint density at radius 2 is 1.26 bits per heavy atom. The third-order valence-corrected chi connectivity index (χ3v) is 15.4. The molecule has 0 radical (unpaired) electrons. The van der Waals surface area contributed by atoms with Crippen molar-refractivity contribution in [2.45, 2.75) is 150 Å². The SMILES string of the molecule is CC(CC[C@@H](O)C(O)[C@@H](O)CO)C1CC[C@@]2(C)C1CC[C@]1(C)C2CCC2[C@@]3(C)CCCC(C)(C)C3CC[C@]21C. The second-order valence-electron chi connectivity index (χ2n) is 17.2. The van der Waals surface area contributed by atoms with Gasteiger partial charge in [0.05, 0.1) is 12.7 Å². The lowest BCUT2D eigenvalue weighted by Crippen LogP contribution is -2.65. The number of hydrogen-bond acceptors (Lipinski definition) is 4. The van der Waals surface area contributed by atoms with E-state index in [1.54, 1.807) is 0 Å². The third kappa shape index (κ3) is 4.42. The molecule has 0 saturated heterocycles. The summed E-state index contributed by atoms with van der Waals surface area (Å²) in [4.78, 5) is 0. The molecule has 0 bridgehead atoms. The summed E-state index contributed by atoms with van der Waals surface area (Å²) in [6, 6.07) is 0. The maximum atomic E-state index is 10.4. The highest BCUT2D eigenvalue weighted by atomic mass is 16.4. The Kier molecular flexibility index (Phi) is 7.95. The molecule has 5 fully saturated rings. The lowest BCUT2D eigenvalue weighted by atomic mass is 9.32. The van der Waals surface area contributed by atoms with Crippen LogP contribution in [0.1, 0.15) is 132 Å². The van der Waals surface area contributed by atoms with Crippen LogP contribution in [0.3, 0.4) is 0 Å². The van der Waals surface area contributed by atoms with Crippen molar-refractivity contribution < 1.29 is 20.4 Å². The van der Waals surface area contributed by atoms with Crippen LogP contribution in [0.25, 0.3) is 0 Å². The van der Waals surface area contributed by atoms with Crippen molar-refractivity contribution in [1.82, 2.24) is 0 Å². The van der Waals surface area contributed by atoms with Gasteiger partial charge in [-0.05, 0) is 140 Å². The summed E-state index contributed by atoms with van der Waals surface area (Å²) in [5, 5.41) is 39.5. The second-order valence-corrected chi connectivity index (χ2v) is 17.2. The fourth-order valence-corrected chi connectivity index (χ4v) is 13.2. The van der Waals surface area contributed by atoms with Gasteiger partial charge in [-0.25, -0.2) is 0 Å². The number of aliphatic hydroxyl groups is 4. The molecule has 0 aliphatic heterocycles. The van der Waals surface area contributed by atoms with Gasteiger partial charge < -0.3 is 20.4 Å². The van der Waals surface area contributed by atoms with Crippen LogP contribution >= 0.6 is 0 Å².